The first kappa shape index (κ1) is 18.8. The summed E-state index contributed by atoms with van der Waals surface area (Å²) < 4.78 is 0. The van der Waals surface area contributed by atoms with Crippen molar-refractivity contribution in [1.82, 2.24) is 5.32 Å². The van der Waals surface area contributed by atoms with Gasteiger partial charge in [0.05, 0.1) is 0 Å². The molecule has 0 saturated carbocycles. The minimum Gasteiger partial charge on any atom is -0.369 e. The van der Waals surface area contributed by atoms with E-state index in [0.29, 0.717) is 32.1 Å². The number of anilines is 1. The summed E-state index contributed by atoms with van der Waals surface area (Å²) in [6.45, 7) is 3.87. The summed E-state index contributed by atoms with van der Waals surface area (Å²) in [6, 6.07) is 6.11. The summed E-state index contributed by atoms with van der Waals surface area (Å²) in [7, 11) is 0. The monoisotopic (exact) mass is 378 g/mol. The number of hydrogen-bond donors (Lipinski definition) is 1. The topological polar surface area (TPSA) is 66.5 Å². The number of hydrogen-bond acceptors (Lipinski definition) is 5. The van der Waals surface area contributed by atoms with Crippen molar-refractivity contribution >= 4 is 23.0 Å². The average Bonchev–Trinajstić information content (AvgIpc) is 2.70. The molecule has 1 atom stereocenters. The lowest BCUT2D eigenvalue weighted by Gasteiger charge is -2.30. The number of allylic oxidation sites excluding steroid dienone is 4. The van der Waals surface area contributed by atoms with E-state index in [1.165, 1.54) is 6.08 Å². The molecule has 5 heteroatoms. The van der Waals surface area contributed by atoms with Gasteiger partial charge in [0, 0.05) is 56.2 Å². The fourth-order valence-electron chi connectivity index (χ4n) is 4.34. The minimum atomic E-state index is -0.175. The second-order valence-electron chi connectivity index (χ2n) is 7.90. The maximum Gasteiger partial charge on any atom is 0.186 e. The molecule has 5 nitrogen and oxygen atoms in total. The zero-order valence-electron chi connectivity index (χ0n) is 16.1. The summed E-state index contributed by atoms with van der Waals surface area (Å²) >= 11 is 0. The molecular formula is C23H26N2O3. The molecule has 1 aromatic rings. The van der Waals surface area contributed by atoms with Crippen LogP contribution in [0.5, 0.6) is 0 Å². The third-order valence-electron chi connectivity index (χ3n) is 5.92. The predicted molar refractivity (Wildman–Crippen MR) is 109 cm³/mol. The normalized spacial score (nSPS) is 24.3. The van der Waals surface area contributed by atoms with Gasteiger partial charge in [-0.2, -0.15) is 0 Å². The molecule has 0 radical (unpaired) electrons. The van der Waals surface area contributed by atoms with Gasteiger partial charge in [-0.1, -0.05) is 11.6 Å². The first-order valence-electron chi connectivity index (χ1n) is 10.1. The largest absolute Gasteiger partial charge is 0.369 e. The highest BCUT2D eigenvalue weighted by atomic mass is 16.1. The van der Waals surface area contributed by atoms with Crippen molar-refractivity contribution in [2.75, 3.05) is 31.1 Å². The standard InChI is InChI=1S/C23H26N2O3/c26-20-2-1-3-22(27)17(4-6-20)12-16-13-18-15-19(25-10-8-24-9-11-25)5-7-21(18)23(28)14-16/h1-2,5,7,14-15,17,24H,3-4,6,8-13H2/b2-1+. The predicted octanol–water partition coefficient (Wildman–Crippen LogP) is 2.65. The SMILES string of the molecule is O=C1/C=C/CC(=O)C(CC2=CC(=O)c3ccc(N4CCNCC4)cc3C2)CC1. The molecule has 0 aromatic heterocycles. The third-order valence-corrected chi connectivity index (χ3v) is 5.92. The summed E-state index contributed by atoms with van der Waals surface area (Å²) in [5.74, 6) is 0.0953. The van der Waals surface area contributed by atoms with Crippen molar-refractivity contribution in [3.63, 3.8) is 0 Å². The summed E-state index contributed by atoms with van der Waals surface area (Å²) in [6.07, 6.45) is 7.45. The molecule has 3 aliphatic rings. The molecule has 0 amide bonds. The van der Waals surface area contributed by atoms with Crippen molar-refractivity contribution in [2.45, 2.75) is 32.1 Å². The van der Waals surface area contributed by atoms with E-state index in [4.69, 9.17) is 0 Å². The van der Waals surface area contributed by atoms with E-state index in [0.717, 1.165) is 48.6 Å². The second-order valence-corrected chi connectivity index (χ2v) is 7.90. The highest BCUT2D eigenvalue weighted by Crippen LogP contribution is 2.31. The molecule has 1 N–H and O–H groups in total. The van der Waals surface area contributed by atoms with E-state index in [2.05, 4.69) is 16.3 Å². The van der Waals surface area contributed by atoms with Crippen LogP contribution in [0.4, 0.5) is 5.69 Å². The Morgan fingerprint density at radius 1 is 1.11 bits per heavy atom. The van der Waals surface area contributed by atoms with E-state index < -0.39 is 0 Å². The van der Waals surface area contributed by atoms with Crippen LogP contribution in [0.2, 0.25) is 0 Å². The molecule has 1 heterocycles. The third kappa shape index (κ3) is 4.14. The molecule has 1 saturated heterocycles. The van der Waals surface area contributed by atoms with Crippen LogP contribution >= 0.6 is 0 Å². The average molecular weight is 378 g/mol. The van der Waals surface area contributed by atoms with Gasteiger partial charge in [0.1, 0.15) is 5.78 Å². The molecule has 146 valence electrons. The minimum absolute atomic E-state index is 0.0253. The lowest BCUT2D eigenvalue weighted by Crippen LogP contribution is -2.43. The number of nitrogens with one attached hydrogen (secondary N) is 1. The Kier molecular flexibility index (Phi) is 5.53. The fourth-order valence-corrected chi connectivity index (χ4v) is 4.34. The van der Waals surface area contributed by atoms with Crippen LogP contribution in [-0.2, 0) is 16.0 Å². The maximum atomic E-state index is 12.6. The Hall–Kier alpha value is -2.53. The van der Waals surface area contributed by atoms with E-state index in [1.54, 1.807) is 12.2 Å². The molecule has 1 aromatic carbocycles. The molecule has 4 rings (SSSR count). The molecule has 28 heavy (non-hydrogen) atoms. The number of benzene rings is 1. The Morgan fingerprint density at radius 3 is 2.75 bits per heavy atom. The van der Waals surface area contributed by atoms with Crippen LogP contribution in [0.1, 0.15) is 41.6 Å². The molecule has 0 spiro atoms. The number of carbonyl (C=O) groups is 3. The van der Waals surface area contributed by atoms with E-state index in [9.17, 15) is 14.4 Å². The van der Waals surface area contributed by atoms with Crippen molar-refractivity contribution in [1.29, 1.82) is 0 Å². The molecular weight excluding hydrogens is 352 g/mol. The lowest BCUT2D eigenvalue weighted by molar-refractivity contribution is -0.123. The zero-order valence-corrected chi connectivity index (χ0v) is 16.1. The second kappa shape index (κ2) is 8.23. The summed E-state index contributed by atoms with van der Waals surface area (Å²) in [5.41, 5.74) is 3.98. The van der Waals surface area contributed by atoms with Gasteiger partial charge >= 0.3 is 0 Å². The summed E-state index contributed by atoms with van der Waals surface area (Å²) in [5, 5.41) is 3.36. The molecule has 1 aliphatic heterocycles. The van der Waals surface area contributed by atoms with Crippen LogP contribution in [0.3, 0.4) is 0 Å². The Bertz CT molecular complexity index is 863. The van der Waals surface area contributed by atoms with Gasteiger partial charge < -0.3 is 10.2 Å². The van der Waals surface area contributed by atoms with E-state index in [1.807, 2.05) is 12.1 Å². The Labute approximate surface area is 165 Å². The van der Waals surface area contributed by atoms with Crippen molar-refractivity contribution in [2.24, 2.45) is 5.92 Å². The zero-order chi connectivity index (χ0) is 19.5. The van der Waals surface area contributed by atoms with E-state index >= 15 is 0 Å². The molecule has 0 bridgehead atoms. The van der Waals surface area contributed by atoms with Crippen molar-refractivity contribution in [3.8, 4) is 0 Å². The van der Waals surface area contributed by atoms with Gasteiger partial charge in [-0.05, 0) is 55.2 Å². The number of carbonyl (C=O) groups excluding carboxylic acids is 3. The number of nitrogens with zero attached hydrogens (tertiary/aromatic N) is 1. The van der Waals surface area contributed by atoms with Gasteiger partial charge in [-0.15, -0.1) is 0 Å². The van der Waals surface area contributed by atoms with Crippen molar-refractivity contribution in [3.05, 3.63) is 53.1 Å². The maximum absolute atomic E-state index is 12.6. The fraction of sp³-hybridized carbons (Fsp3) is 0.435. The molecule has 2 aliphatic carbocycles. The van der Waals surface area contributed by atoms with Crippen LogP contribution in [0, 0.1) is 5.92 Å². The quantitative estimate of drug-likeness (QED) is 0.876. The van der Waals surface area contributed by atoms with Gasteiger partial charge in [-0.3, -0.25) is 14.4 Å². The first-order chi connectivity index (χ1) is 13.6. The van der Waals surface area contributed by atoms with Crippen LogP contribution in [-0.4, -0.2) is 43.5 Å². The van der Waals surface area contributed by atoms with Gasteiger partial charge in [0.15, 0.2) is 11.6 Å². The number of fused-ring (bicyclic) bond motifs is 1. The Balaban J connectivity index is 1.51. The molecule has 1 fully saturated rings. The highest BCUT2D eigenvalue weighted by Gasteiger charge is 2.25. The molecule has 1 unspecified atom stereocenters. The first-order valence-corrected chi connectivity index (χ1v) is 10.1. The Morgan fingerprint density at radius 2 is 1.93 bits per heavy atom. The van der Waals surface area contributed by atoms with Gasteiger partial charge in [0.25, 0.3) is 0 Å². The van der Waals surface area contributed by atoms with Crippen molar-refractivity contribution < 1.29 is 14.4 Å². The number of piperazine rings is 1. The van der Waals surface area contributed by atoms with E-state index in [-0.39, 0.29) is 23.3 Å². The highest BCUT2D eigenvalue weighted by molar-refractivity contribution is 6.07. The van der Waals surface area contributed by atoms with Crippen LogP contribution in [0.15, 0.2) is 42.0 Å². The van der Waals surface area contributed by atoms with Gasteiger partial charge in [0.2, 0.25) is 0 Å². The smallest absolute Gasteiger partial charge is 0.186 e. The van der Waals surface area contributed by atoms with Crippen LogP contribution in [0.25, 0.3) is 0 Å². The number of Topliss-reactive ketones (excluding diaryl/α,β-unsaturated/α-hetero) is 1. The van der Waals surface area contributed by atoms with Crippen LogP contribution < -0.4 is 10.2 Å². The number of rotatable bonds is 3. The number of ketones is 3. The summed E-state index contributed by atoms with van der Waals surface area (Å²) in [4.78, 5) is 39.1. The van der Waals surface area contributed by atoms with Gasteiger partial charge in [-0.25, -0.2) is 0 Å². The lowest BCUT2D eigenvalue weighted by atomic mass is 9.82.